The van der Waals surface area contributed by atoms with Gasteiger partial charge in [0.2, 0.25) is 0 Å². The van der Waals surface area contributed by atoms with E-state index in [2.05, 4.69) is 17.0 Å². The van der Waals surface area contributed by atoms with E-state index in [0.29, 0.717) is 5.92 Å². The topological polar surface area (TPSA) is 50.4 Å². The second-order valence-electron chi connectivity index (χ2n) is 4.20. The normalized spacial score (nSPS) is 29.6. The Hall–Kier alpha value is -1.42. The predicted octanol–water partition coefficient (Wildman–Crippen LogP) is 1.35. The van der Waals surface area contributed by atoms with Crippen molar-refractivity contribution in [3.8, 4) is 0 Å². The van der Waals surface area contributed by atoms with E-state index < -0.39 is 5.60 Å². The number of aliphatic hydroxyl groups is 1. The molecule has 0 spiro atoms. The van der Waals surface area contributed by atoms with Crippen LogP contribution >= 0.6 is 0 Å². The fourth-order valence-electron chi connectivity index (χ4n) is 2.30. The average Bonchev–Trinajstić information content (AvgIpc) is 2.76. The highest BCUT2D eigenvalue weighted by Gasteiger charge is 2.54. The van der Waals surface area contributed by atoms with E-state index in [1.165, 1.54) is 0 Å². The highest BCUT2D eigenvalue weighted by Crippen LogP contribution is 2.54. The third-order valence-corrected chi connectivity index (χ3v) is 3.36. The van der Waals surface area contributed by atoms with Crippen LogP contribution in [-0.2, 0) is 5.60 Å². The molecule has 0 aliphatic heterocycles. The van der Waals surface area contributed by atoms with Gasteiger partial charge in [0.25, 0.3) is 0 Å². The first-order chi connectivity index (χ1) is 7.25. The summed E-state index contributed by atoms with van der Waals surface area (Å²) >= 11 is 0. The van der Waals surface area contributed by atoms with Gasteiger partial charge in [-0.2, -0.15) is 5.10 Å². The van der Waals surface area contributed by atoms with Crippen LogP contribution in [0, 0.1) is 5.92 Å². The minimum Gasteiger partial charge on any atom is -0.385 e. The number of fused-ring (bicyclic) bond motifs is 1. The molecule has 1 N–H and O–H groups in total. The summed E-state index contributed by atoms with van der Waals surface area (Å²) in [5.41, 5.74) is 1.18. The molecule has 1 saturated carbocycles. The van der Waals surface area contributed by atoms with E-state index in [0.717, 1.165) is 23.9 Å². The largest absolute Gasteiger partial charge is 0.385 e. The lowest BCUT2D eigenvalue weighted by Crippen LogP contribution is -2.07. The lowest BCUT2D eigenvalue weighted by atomic mass is 10.1. The SMILES string of the molecule is CCC1CC1(O)c1cnn2ccncc12. The summed E-state index contributed by atoms with van der Waals surface area (Å²) in [4.78, 5) is 4.07. The Morgan fingerprint density at radius 1 is 1.60 bits per heavy atom. The van der Waals surface area contributed by atoms with Gasteiger partial charge in [-0.05, 0) is 12.3 Å². The lowest BCUT2D eigenvalue weighted by Gasteiger charge is -2.07. The second kappa shape index (κ2) is 2.79. The number of aromatic nitrogens is 3. The average molecular weight is 203 g/mol. The standard InChI is InChI=1S/C11H13N3O/c1-2-8-5-11(8,15)9-6-13-14-4-3-12-7-10(9)14/h3-4,6-8,15H,2,5H2,1H3. The summed E-state index contributed by atoms with van der Waals surface area (Å²) in [6, 6.07) is 0. The van der Waals surface area contributed by atoms with Gasteiger partial charge in [0.15, 0.2) is 0 Å². The van der Waals surface area contributed by atoms with Crippen LogP contribution in [0.1, 0.15) is 25.3 Å². The van der Waals surface area contributed by atoms with Gasteiger partial charge in [-0.15, -0.1) is 0 Å². The van der Waals surface area contributed by atoms with E-state index in [4.69, 9.17) is 0 Å². The highest BCUT2D eigenvalue weighted by molar-refractivity contribution is 5.56. The Bertz CT molecular complexity index is 507. The van der Waals surface area contributed by atoms with Crippen molar-refractivity contribution in [1.29, 1.82) is 0 Å². The van der Waals surface area contributed by atoms with E-state index in [-0.39, 0.29) is 0 Å². The first-order valence-electron chi connectivity index (χ1n) is 5.26. The van der Waals surface area contributed by atoms with Crippen LogP contribution in [-0.4, -0.2) is 19.7 Å². The van der Waals surface area contributed by atoms with Crippen molar-refractivity contribution in [1.82, 2.24) is 14.6 Å². The minimum absolute atomic E-state index is 0.380. The summed E-state index contributed by atoms with van der Waals surface area (Å²) in [5.74, 6) is 0.380. The van der Waals surface area contributed by atoms with Crippen LogP contribution in [0.3, 0.4) is 0 Å². The van der Waals surface area contributed by atoms with E-state index in [9.17, 15) is 5.11 Å². The molecule has 3 rings (SSSR count). The van der Waals surface area contributed by atoms with Gasteiger partial charge in [0, 0.05) is 18.0 Å². The van der Waals surface area contributed by atoms with Gasteiger partial charge in [0.1, 0.15) is 0 Å². The van der Waals surface area contributed by atoms with E-state index >= 15 is 0 Å². The predicted molar refractivity (Wildman–Crippen MR) is 55.3 cm³/mol. The molecule has 4 heteroatoms. The fourth-order valence-corrected chi connectivity index (χ4v) is 2.30. The summed E-state index contributed by atoms with van der Waals surface area (Å²) in [5, 5.41) is 14.6. The molecule has 1 aliphatic rings. The summed E-state index contributed by atoms with van der Waals surface area (Å²) in [6.07, 6.45) is 8.86. The molecule has 2 heterocycles. The van der Waals surface area contributed by atoms with Crippen molar-refractivity contribution in [2.24, 2.45) is 5.92 Å². The zero-order chi connectivity index (χ0) is 10.5. The van der Waals surface area contributed by atoms with Crippen molar-refractivity contribution >= 4 is 5.52 Å². The minimum atomic E-state index is -0.653. The molecule has 1 fully saturated rings. The Morgan fingerprint density at radius 2 is 2.47 bits per heavy atom. The van der Waals surface area contributed by atoms with Gasteiger partial charge in [0.05, 0.1) is 23.5 Å². The zero-order valence-electron chi connectivity index (χ0n) is 8.59. The molecule has 2 unspecified atom stereocenters. The van der Waals surface area contributed by atoms with Crippen LogP contribution in [0.15, 0.2) is 24.8 Å². The molecule has 2 aromatic heterocycles. The van der Waals surface area contributed by atoms with Crippen LogP contribution in [0.25, 0.3) is 5.52 Å². The molecule has 78 valence electrons. The highest BCUT2D eigenvalue weighted by atomic mass is 16.3. The number of nitrogens with zero attached hydrogens (tertiary/aromatic N) is 3. The van der Waals surface area contributed by atoms with Crippen molar-refractivity contribution < 1.29 is 5.11 Å². The van der Waals surface area contributed by atoms with Crippen molar-refractivity contribution in [3.63, 3.8) is 0 Å². The summed E-state index contributed by atoms with van der Waals surface area (Å²) < 4.78 is 1.76. The second-order valence-corrected chi connectivity index (χ2v) is 4.20. The Labute approximate surface area is 87.6 Å². The molecule has 15 heavy (non-hydrogen) atoms. The van der Waals surface area contributed by atoms with Gasteiger partial charge >= 0.3 is 0 Å². The van der Waals surface area contributed by atoms with Gasteiger partial charge < -0.3 is 5.11 Å². The molecule has 2 atom stereocenters. The molecular formula is C11H13N3O. The Morgan fingerprint density at radius 3 is 3.20 bits per heavy atom. The maximum Gasteiger partial charge on any atom is 0.0966 e. The van der Waals surface area contributed by atoms with Crippen LogP contribution in [0.5, 0.6) is 0 Å². The molecule has 0 amide bonds. The molecule has 0 saturated heterocycles. The lowest BCUT2D eigenvalue weighted by molar-refractivity contribution is 0.132. The smallest absolute Gasteiger partial charge is 0.0966 e. The molecule has 0 aromatic carbocycles. The van der Waals surface area contributed by atoms with Crippen LogP contribution in [0.4, 0.5) is 0 Å². The summed E-state index contributed by atoms with van der Waals surface area (Å²) in [6.45, 7) is 2.10. The Balaban J connectivity index is 2.13. The third-order valence-electron chi connectivity index (χ3n) is 3.36. The Kier molecular flexibility index (Phi) is 1.65. The first kappa shape index (κ1) is 8.85. The first-order valence-corrected chi connectivity index (χ1v) is 5.26. The number of rotatable bonds is 2. The number of hydrogen-bond donors (Lipinski definition) is 1. The van der Waals surface area contributed by atoms with Crippen LogP contribution in [0.2, 0.25) is 0 Å². The molecule has 1 aliphatic carbocycles. The van der Waals surface area contributed by atoms with E-state index in [1.807, 2.05) is 0 Å². The molecule has 2 aromatic rings. The molecule has 0 radical (unpaired) electrons. The van der Waals surface area contributed by atoms with Crippen LogP contribution < -0.4 is 0 Å². The molecular weight excluding hydrogens is 190 g/mol. The van der Waals surface area contributed by atoms with E-state index in [1.54, 1.807) is 29.3 Å². The maximum atomic E-state index is 10.4. The summed E-state index contributed by atoms with van der Waals surface area (Å²) in [7, 11) is 0. The molecule has 0 bridgehead atoms. The maximum absolute atomic E-state index is 10.4. The monoisotopic (exact) mass is 203 g/mol. The quantitative estimate of drug-likeness (QED) is 0.801. The molecule has 4 nitrogen and oxygen atoms in total. The van der Waals surface area contributed by atoms with Crippen molar-refractivity contribution in [2.45, 2.75) is 25.4 Å². The van der Waals surface area contributed by atoms with Crippen molar-refractivity contribution in [2.75, 3.05) is 0 Å². The van der Waals surface area contributed by atoms with Gasteiger partial charge in [-0.1, -0.05) is 13.3 Å². The van der Waals surface area contributed by atoms with Gasteiger partial charge in [-0.25, -0.2) is 4.52 Å². The van der Waals surface area contributed by atoms with Crippen molar-refractivity contribution in [3.05, 3.63) is 30.4 Å². The van der Waals surface area contributed by atoms with Gasteiger partial charge in [-0.3, -0.25) is 4.98 Å². The third kappa shape index (κ3) is 1.11. The zero-order valence-corrected chi connectivity index (χ0v) is 8.59. The fraction of sp³-hybridized carbons (Fsp3) is 0.455. The number of hydrogen-bond acceptors (Lipinski definition) is 3.